The second kappa shape index (κ2) is 5.60. The Balaban J connectivity index is 2.05. The molecule has 1 N–H and O–H groups in total. The standard InChI is InChI=1S/C13H18O2S/c1-2-8-16-9-12(14)11-5-3-4-10-6-7-15-13(10)11/h3-5,12,14H,2,6-9H2,1H3. The molecular weight excluding hydrogens is 220 g/mol. The first-order valence-electron chi connectivity index (χ1n) is 5.83. The largest absolute Gasteiger partial charge is 0.493 e. The van der Waals surface area contributed by atoms with Gasteiger partial charge >= 0.3 is 0 Å². The number of aliphatic hydroxyl groups excluding tert-OH is 1. The molecule has 0 saturated carbocycles. The molecule has 16 heavy (non-hydrogen) atoms. The van der Waals surface area contributed by atoms with E-state index < -0.39 is 6.10 Å². The second-order valence-corrected chi connectivity index (χ2v) is 5.17. The van der Waals surface area contributed by atoms with Crippen LogP contribution in [0.15, 0.2) is 18.2 Å². The van der Waals surface area contributed by atoms with Gasteiger partial charge < -0.3 is 9.84 Å². The molecule has 1 aromatic carbocycles. The van der Waals surface area contributed by atoms with E-state index in [1.54, 1.807) is 11.8 Å². The fourth-order valence-corrected chi connectivity index (χ4v) is 2.79. The molecular formula is C13H18O2S. The van der Waals surface area contributed by atoms with Crippen molar-refractivity contribution in [1.82, 2.24) is 0 Å². The van der Waals surface area contributed by atoms with Gasteiger partial charge in [0.1, 0.15) is 5.75 Å². The van der Waals surface area contributed by atoms with Gasteiger partial charge in [0.15, 0.2) is 0 Å². The van der Waals surface area contributed by atoms with Crippen LogP contribution in [0.2, 0.25) is 0 Å². The Morgan fingerprint density at radius 2 is 2.38 bits per heavy atom. The third-order valence-corrected chi connectivity index (χ3v) is 3.98. The zero-order chi connectivity index (χ0) is 11.4. The average Bonchev–Trinajstić information content (AvgIpc) is 2.76. The lowest BCUT2D eigenvalue weighted by molar-refractivity contribution is 0.198. The maximum atomic E-state index is 10.1. The molecule has 0 fully saturated rings. The minimum atomic E-state index is -0.399. The Labute approximate surface area is 101 Å². The lowest BCUT2D eigenvalue weighted by Gasteiger charge is -2.14. The van der Waals surface area contributed by atoms with Gasteiger partial charge in [0.05, 0.1) is 12.7 Å². The van der Waals surface area contributed by atoms with Gasteiger partial charge in [0, 0.05) is 17.7 Å². The smallest absolute Gasteiger partial charge is 0.128 e. The molecule has 3 heteroatoms. The summed E-state index contributed by atoms with van der Waals surface area (Å²) in [7, 11) is 0. The summed E-state index contributed by atoms with van der Waals surface area (Å²) in [5.41, 5.74) is 2.19. The summed E-state index contributed by atoms with van der Waals surface area (Å²) in [6.07, 6.45) is 1.73. The van der Waals surface area contributed by atoms with Gasteiger partial charge in [-0.2, -0.15) is 11.8 Å². The van der Waals surface area contributed by atoms with Crippen molar-refractivity contribution in [2.45, 2.75) is 25.9 Å². The van der Waals surface area contributed by atoms with Crippen LogP contribution in [0.4, 0.5) is 0 Å². The van der Waals surface area contributed by atoms with E-state index >= 15 is 0 Å². The van der Waals surface area contributed by atoms with Crippen molar-refractivity contribution in [3.8, 4) is 5.75 Å². The molecule has 1 aliphatic heterocycles. The van der Waals surface area contributed by atoms with Crippen LogP contribution in [0.25, 0.3) is 0 Å². The maximum absolute atomic E-state index is 10.1. The molecule has 1 aliphatic rings. The summed E-state index contributed by atoms with van der Waals surface area (Å²) in [5, 5.41) is 10.1. The quantitative estimate of drug-likeness (QED) is 0.800. The second-order valence-electron chi connectivity index (χ2n) is 4.02. The number of aliphatic hydroxyl groups is 1. The molecule has 1 heterocycles. The predicted octanol–water partition coefficient (Wildman–Crippen LogP) is 2.80. The first-order valence-corrected chi connectivity index (χ1v) is 6.98. The van der Waals surface area contributed by atoms with E-state index in [1.807, 2.05) is 12.1 Å². The fraction of sp³-hybridized carbons (Fsp3) is 0.538. The monoisotopic (exact) mass is 238 g/mol. The number of benzene rings is 1. The number of ether oxygens (including phenoxy) is 1. The highest BCUT2D eigenvalue weighted by atomic mass is 32.2. The molecule has 1 atom stereocenters. The van der Waals surface area contributed by atoms with Gasteiger partial charge in [-0.3, -0.25) is 0 Å². The molecule has 2 rings (SSSR count). The van der Waals surface area contributed by atoms with Crippen molar-refractivity contribution in [2.24, 2.45) is 0 Å². The van der Waals surface area contributed by atoms with Crippen LogP contribution in [0.3, 0.4) is 0 Å². The lowest BCUT2D eigenvalue weighted by atomic mass is 10.0. The fourth-order valence-electron chi connectivity index (χ4n) is 1.93. The van der Waals surface area contributed by atoms with Crippen LogP contribution >= 0.6 is 11.8 Å². The van der Waals surface area contributed by atoms with Crippen LogP contribution in [0, 0.1) is 0 Å². The Hall–Kier alpha value is -0.670. The van der Waals surface area contributed by atoms with Crippen molar-refractivity contribution in [2.75, 3.05) is 18.1 Å². The summed E-state index contributed by atoms with van der Waals surface area (Å²) in [6, 6.07) is 6.07. The van der Waals surface area contributed by atoms with Gasteiger partial charge in [0.25, 0.3) is 0 Å². The van der Waals surface area contributed by atoms with Crippen LogP contribution in [0.5, 0.6) is 5.75 Å². The number of hydrogen-bond acceptors (Lipinski definition) is 3. The van der Waals surface area contributed by atoms with Crippen LogP contribution in [-0.4, -0.2) is 23.2 Å². The lowest BCUT2D eigenvalue weighted by Crippen LogP contribution is -2.03. The highest BCUT2D eigenvalue weighted by Gasteiger charge is 2.20. The zero-order valence-electron chi connectivity index (χ0n) is 9.61. The molecule has 88 valence electrons. The van der Waals surface area contributed by atoms with Gasteiger partial charge in [-0.1, -0.05) is 25.1 Å². The highest BCUT2D eigenvalue weighted by Crippen LogP contribution is 2.34. The molecule has 0 radical (unpaired) electrons. The number of rotatable bonds is 5. The maximum Gasteiger partial charge on any atom is 0.128 e. The minimum absolute atomic E-state index is 0.399. The first-order chi connectivity index (χ1) is 7.83. The summed E-state index contributed by atoms with van der Waals surface area (Å²) >= 11 is 1.80. The summed E-state index contributed by atoms with van der Waals surface area (Å²) in [5.74, 6) is 2.78. The van der Waals surface area contributed by atoms with Crippen molar-refractivity contribution in [3.63, 3.8) is 0 Å². The summed E-state index contributed by atoms with van der Waals surface area (Å²) in [4.78, 5) is 0. The Morgan fingerprint density at radius 3 is 3.19 bits per heavy atom. The normalized spacial score (nSPS) is 15.6. The number of hydrogen-bond donors (Lipinski definition) is 1. The molecule has 0 aromatic heterocycles. The van der Waals surface area contributed by atoms with Crippen LogP contribution in [0.1, 0.15) is 30.6 Å². The topological polar surface area (TPSA) is 29.5 Å². The van der Waals surface area contributed by atoms with Crippen molar-refractivity contribution in [1.29, 1.82) is 0 Å². The van der Waals surface area contributed by atoms with E-state index in [9.17, 15) is 5.11 Å². The SMILES string of the molecule is CCCSCC(O)c1cccc2c1OCC2. The third kappa shape index (κ3) is 2.53. The van der Waals surface area contributed by atoms with E-state index in [4.69, 9.17) is 4.74 Å². The van der Waals surface area contributed by atoms with Crippen LogP contribution in [-0.2, 0) is 6.42 Å². The van der Waals surface area contributed by atoms with Gasteiger partial charge in [-0.05, 0) is 17.7 Å². The molecule has 0 amide bonds. The summed E-state index contributed by atoms with van der Waals surface area (Å²) in [6.45, 7) is 2.91. The van der Waals surface area contributed by atoms with Gasteiger partial charge in [0.2, 0.25) is 0 Å². The van der Waals surface area contributed by atoms with E-state index in [-0.39, 0.29) is 0 Å². The molecule has 0 saturated heterocycles. The van der Waals surface area contributed by atoms with Gasteiger partial charge in [-0.15, -0.1) is 0 Å². The Bertz CT molecular complexity index is 352. The molecule has 2 nitrogen and oxygen atoms in total. The van der Waals surface area contributed by atoms with E-state index in [1.165, 1.54) is 5.56 Å². The van der Waals surface area contributed by atoms with Crippen LogP contribution < -0.4 is 4.74 Å². The molecule has 1 unspecified atom stereocenters. The van der Waals surface area contributed by atoms with Gasteiger partial charge in [-0.25, -0.2) is 0 Å². The molecule has 0 spiro atoms. The predicted molar refractivity (Wildman–Crippen MR) is 68.2 cm³/mol. The van der Waals surface area contributed by atoms with Crippen molar-refractivity contribution >= 4 is 11.8 Å². The number of fused-ring (bicyclic) bond motifs is 1. The average molecular weight is 238 g/mol. The Kier molecular flexibility index (Phi) is 4.13. The first kappa shape index (κ1) is 11.8. The summed E-state index contributed by atoms with van der Waals surface area (Å²) < 4.78 is 5.59. The third-order valence-electron chi connectivity index (χ3n) is 2.73. The minimum Gasteiger partial charge on any atom is -0.493 e. The van der Waals surface area contributed by atoms with E-state index in [0.717, 1.165) is 42.3 Å². The number of para-hydroxylation sites is 1. The zero-order valence-corrected chi connectivity index (χ0v) is 10.4. The van der Waals surface area contributed by atoms with Crippen molar-refractivity contribution in [3.05, 3.63) is 29.3 Å². The van der Waals surface area contributed by atoms with E-state index in [2.05, 4.69) is 13.0 Å². The molecule has 0 aliphatic carbocycles. The molecule has 0 bridgehead atoms. The highest BCUT2D eigenvalue weighted by molar-refractivity contribution is 7.99. The van der Waals surface area contributed by atoms with E-state index in [0.29, 0.717) is 0 Å². The van der Waals surface area contributed by atoms with Crippen molar-refractivity contribution < 1.29 is 9.84 Å². The number of thioether (sulfide) groups is 1. The Morgan fingerprint density at radius 1 is 1.50 bits per heavy atom. The molecule has 1 aromatic rings.